The van der Waals surface area contributed by atoms with E-state index in [0.717, 1.165) is 25.9 Å². The van der Waals surface area contributed by atoms with Crippen LogP contribution in [-0.2, 0) is 0 Å². The molecule has 2 aromatic carbocycles. The zero-order valence-corrected chi connectivity index (χ0v) is 14.7. The first-order chi connectivity index (χ1) is 12.5. The van der Waals surface area contributed by atoms with Gasteiger partial charge in [-0.1, -0.05) is 12.1 Å². The summed E-state index contributed by atoms with van der Waals surface area (Å²) in [5, 5.41) is 0. The standard InChI is InChI=1S/C20H22FN3O2/c1-23-11-9-14(10-12-23)19(25)15-3-2-4-18(13-15)24(20(22)26)17-7-5-16(21)6-8-17/h2-8,13-14H,9-12H2,1H3,(H2,22,26). The van der Waals surface area contributed by atoms with E-state index in [-0.39, 0.29) is 11.7 Å². The van der Waals surface area contributed by atoms with Crippen LogP contribution in [-0.4, -0.2) is 36.9 Å². The number of primary amides is 1. The molecule has 6 heteroatoms. The number of ketones is 1. The smallest absolute Gasteiger partial charge is 0.323 e. The van der Waals surface area contributed by atoms with Gasteiger partial charge in [-0.25, -0.2) is 9.18 Å². The van der Waals surface area contributed by atoms with Crippen LogP contribution in [0.1, 0.15) is 23.2 Å². The van der Waals surface area contributed by atoms with Gasteiger partial charge in [-0.05, 0) is 69.4 Å². The molecule has 0 aliphatic carbocycles. The van der Waals surface area contributed by atoms with E-state index in [4.69, 9.17) is 5.73 Å². The van der Waals surface area contributed by atoms with E-state index in [9.17, 15) is 14.0 Å². The number of Topliss-reactive ketones (excluding diaryl/α,β-unsaturated/α-hetero) is 1. The van der Waals surface area contributed by atoms with Crippen molar-refractivity contribution in [1.82, 2.24) is 4.90 Å². The van der Waals surface area contributed by atoms with Crippen molar-refractivity contribution >= 4 is 23.2 Å². The third-order valence-electron chi connectivity index (χ3n) is 4.78. The number of hydrogen-bond donors (Lipinski definition) is 1. The van der Waals surface area contributed by atoms with Gasteiger partial charge in [0.1, 0.15) is 5.82 Å². The summed E-state index contributed by atoms with van der Waals surface area (Å²) in [5.41, 5.74) is 7.02. The van der Waals surface area contributed by atoms with Crippen LogP contribution in [0, 0.1) is 11.7 Å². The highest BCUT2D eigenvalue weighted by Gasteiger charge is 2.25. The molecule has 136 valence electrons. The van der Waals surface area contributed by atoms with E-state index < -0.39 is 11.8 Å². The molecule has 2 N–H and O–H groups in total. The van der Waals surface area contributed by atoms with Gasteiger partial charge in [-0.15, -0.1) is 0 Å². The molecule has 1 heterocycles. The molecule has 5 nitrogen and oxygen atoms in total. The number of urea groups is 1. The van der Waals surface area contributed by atoms with Crippen LogP contribution in [0.5, 0.6) is 0 Å². The summed E-state index contributed by atoms with van der Waals surface area (Å²) < 4.78 is 13.2. The Morgan fingerprint density at radius 1 is 1.08 bits per heavy atom. The molecule has 0 unspecified atom stereocenters. The Kier molecular flexibility index (Phi) is 5.32. The Hall–Kier alpha value is -2.73. The van der Waals surface area contributed by atoms with Gasteiger partial charge in [0.2, 0.25) is 0 Å². The van der Waals surface area contributed by atoms with E-state index in [0.29, 0.717) is 16.9 Å². The van der Waals surface area contributed by atoms with Crippen LogP contribution < -0.4 is 10.6 Å². The van der Waals surface area contributed by atoms with Gasteiger partial charge in [-0.3, -0.25) is 9.69 Å². The summed E-state index contributed by atoms with van der Waals surface area (Å²) in [4.78, 5) is 28.3. The van der Waals surface area contributed by atoms with E-state index in [2.05, 4.69) is 11.9 Å². The highest BCUT2D eigenvalue weighted by molar-refractivity contribution is 6.02. The summed E-state index contributed by atoms with van der Waals surface area (Å²) >= 11 is 0. The van der Waals surface area contributed by atoms with Gasteiger partial charge in [0.15, 0.2) is 5.78 Å². The number of carbonyl (C=O) groups is 2. The van der Waals surface area contributed by atoms with Gasteiger partial charge in [0.05, 0.1) is 11.4 Å². The molecule has 0 radical (unpaired) electrons. The summed E-state index contributed by atoms with van der Waals surface area (Å²) in [6.07, 6.45) is 1.66. The monoisotopic (exact) mass is 355 g/mol. The lowest BCUT2D eigenvalue weighted by molar-refractivity contribution is 0.0857. The fourth-order valence-electron chi connectivity index (χ4n) is 3.30. The second-order valence-corrected chi connectivity index (χ2v) is 6.64. The molecule has 0 bridgehead atoms. The van der Waals surface area contributed by atoms with Gasteiger partial charge < -0.3 is 10.6 Å². The molecule has 2 aromatic rings. The fraction of sp³-hybridized carbons (Fsp3) is 0.300. The largest absolute Gasteiger partial charge is 0.351 e. The maximum absolute atomic E-state index is 13.2. The molecule has 2 amide bonds. The Labute approximate surface area is 152 Å². The van der Waals surface area contributed by atoms with Crippen molar-refractivity contribution in [3.63, 3.8) is 0 Å². The number of benzene rings is 2. The fourth-order valence-corrected chi connectivity index (χ4v) is 3.30. The molecular formula is C20H22FN3O2. The first kappa shape index (κ1) is 18.1. The van der Waals surface area contributed by atoms with Crippen molar-refractivity contribution in [3.05, 3.63) is 59.9 Å². The first-order valence-corrected chi connectivity index (χ1v) is 8.63. The third kappa shape index (κ3) is 3.91. The van der Waals surface area contributed by atoms with E-state index in [1.807, 2.05) is 0 Å². The molecule has 0 aromatic heterocycles. The number of amides is 2. The molecule has 1 fully saturated rings. The average Bonchev–Trinajstić information content (AvgIpc) is 2.63. The van der Waals surface area contributed by atoms with Gasteiger partial charge >= 0.3 is 6.03 Å². The second-order valence-electron chi connectivity index (χ2n) is 6.64. The van der Waals surface area contributed by atoms with Crippen LogP contribution >= 0.6 is 0 Å². The Morgan fingerprint density at radius 3 is 2.35 bits per heavy atom. The highest BCUT2D eigenvalue weighted by atomic mass is 19.1. The lowest BCUT2D eigenvalue weighted by Gasteiger charge is -2.28. The minimum Gasteiger partial charge on any atom is -0.351 e. The minimum atomic E-state index is -0.694. The normalized spacial score (nSPS) is 15.6. The number of rotatable bonds is 4. The van der Waals surface area contributed by atoms with Crippen molar-refractivity contribution in [2.45, 2.75) is 12.8 Å². The van der Waals surface area contributed by atoms with E-state index in [1.54, 1.807) is 24.3 Å². The molecule has 1 aliphatic rings. The van der Waals surface area contributed by atoms with Gasteiger partial charge in [0, 0.05) is 11.5 Å². The average molecular weight is 355 g/mol. The predicted molar refractivity (Wildman–Crippen MR) is 99.1 cm³/mol. The summed E-state index contributed by atoms with van der Waals surface area (Å²) in [6, 6.07) is 11.7. The van der Waals surface area contributed by atoms with Crippen molar-refractivity contribution in [1.29, 1.82) is 0 Å². The lowest BCUT2D eigenvalue weighted by Crippen LogP contribution is -2.34. The molecule has 26 heavy (non-hydrogen) atoms. The lowest BCUT2D eigenvalue weighted by atomic mass is 9.89. The molecule has 3 rings (SSSR count). The number of nitrogens with two attached hydrogens (primary N) is 1. The van der Waals surface area contributed by atoms with Crippen LogP contribution in [0.25, 0.3) is 0 Å². The highest BCUT2D eigenvalue weighted by Crippen LogP contribution is 2.28. The number of nitrogens with zero attached hydrogens (tertiary/aromatic N) is 2. The zero-order chi connectivity index (χ0) is 18.7. The maximum Gasteiger partial charge on any atom is 0.323 e. The Balaban J connectivity index is 1.88. The molecule has 1 aliphatic heterocycles. The van der Waals surface area contributed by atoms with Gasteiger partial charge in [-0.2, -0.15) is 0 Å². The quantitative estimate of drug-likeness (QED) is 0.853. The van der Waals surface area contributed by atoms with Crippen LogP contribution in [0.4, 0.5) is 20.6 Å². The number of anilines is 2. The number of halogens is 1. The number of likely N-dealkylation sites (tertiary alicyclic amines) is 1. The summed E-state index contributed by atoms with van der Waals surface area (Å²) in [7, 11) is 2.05. The number of hydrogen-bond acceptors (Lipinski definition) is 3. The zero-order valence-electron chi connectivity index (χ0n) is 14.7. The number of carbonyl (C=O) groups excluding carboxylic acids is 2. The van der Waals surface area contributed by atoms with Crippen molar-refractivity contribution in [3.8, 4) is 0 Å². The molecule has 0 atom stereocenters. The molecule has 1 saturated heterocycles. The summed E-state index contributed by atoms with van der Waals surface area (Å²) in [5.74, 6) is -0.317. The first-order valence-electron chi connectivity index (χ1n) is 8.63. The third-order valence-corrected chi connectivity index (χ3v) is 4.78. The molecule has 0 saturated carbocycles. The van der Waals surface area contributed by atoms with Gasteiger partial charge in [0.25, 0.3) is 0 Å². The van der Waals surface area contributed by atoms with Crippen LogP contribution in [0.3, 0.4) is 0 Å². The van der Waals surface area contributed by atoms with Crippen LogP contribution in [0.15, 0.2) is 48.5 Å². The summed E-state index contributed by atoms with van der Waals surface area (Å²) in [6.45, 7) is 1.80. The predicted octanol–water partition coefficient (Wildman–Crippen LogP) is 3.57. The van der Waals surface area contributed by atoms with Crippen molar-refractivity contribution < 1.29 is 14.0 Å². The number of piperidine rings is 1. The Morgan fingerprint density at radius 2 is 1.73 bits per heavy atom. The SMILES string of the molecule is CN1CCC(C(=O)c2cccc(N(C(N)=O)c3ccc(F)cc3)c2)CC1. The van der Waals surface area contributed by atoms with Crippen molar-refractivity contribution in [2.24, 2.45) is 11.7 Å². The van der Waals surface area contributed by atoms with E-state index >= 15 is 0 Å². The second kappa shape index (κ2) is 7.66. The minimum absolute atomic E-state index is 0.00528. The molecular weight excluding hydrogens is 333 g/mol. The maximum atomic E-state index is 13.2. The topological polar surface area (TPSA) is 66.6 Å². The molecule has 0 spiro atoms. The van der Waals surface area contributed by atoms with E-state index in [1.165, 1.54) is 29.2 Å². The van der Waals surface area contributed by atoms with Crippen LogP contribution in [0.2, 0.25) is 0 Å². The van der Waals surface area contributed by atoms with Crippen molar-refractivity contribution in [2.75, 3.05) is 25.0 Å². The Bertz CT molecular complexity index is 799.